The van der Waals surface area contributed by atoms with Crippen molar-refractivity contribution < 1.29 is 0 Å². The fourth-order valence-electron chi connectivity index (χ4n) is 1.66. The minimum Gasteiger partial charge on any atom is -0.271 e. The van der Waals surface area contributed by atoms with Crippen molar-refractivity contribution in [2.45, 2.75) is 12.5 Å². The second-order valence-corrected chi connectivity index (χ2v) is 5.12. The van der Waals surface area contributed by atoms with Gasteiger partial charge in [0, 0.05) is 15.7 Å². The fraction of sp³-hybridized carbons (Fsp3) is 0.167. The summed E-state index contributed by atoms with van der Waals surface area (Å²) in [5.41, 5.74) is 4.60. The van der Waals surface area contributed by atoms with E-state index < -0.39 is 0 Å². The van der Waals surface area contributed by atoms with Crippen LogP contribution in [0.3, 0.4) is 0 Å². The van der Waals surface area contributed by atoms with Crippen LogP contribution < -0.4 is 11.3 Å². The van der Waals surface area contributed by atoms with E-state index in [0.29, 0.717) is 11.4 Å². The van der Waals surface area contributed by atoms with Crippen molar-refractivity contribution in [1.82, 2.24) is 15.4 Å². The van der Waals surface area contributed by atoms with Gasteiger partial charge in [-0.2, -0.15) is 0 Å². The van der Waals surface area contributed by atoms with Crippen LogP contribution in [0.25, 0.3) is 0 Å². The average molecular weight is 328 g/mol. The Morgan fingerprint density at radius 3 is 2.83 bits per heavy atom. The van der Waals surface area contributed by atoms with Crippen molar-refractivity contribution in [3.05, 3.63) is 57.5 Å². The van der Waals surface area contributed by atoms with Crippen LogP contribution >= 0.6 is 27.5 Å². The van der Waals surface area contributed by atoms with Gasteiger partial charge >= 0.3 is 0 Å². The van der Waals surface area contributed by atoms with Gasteiger partial charge in [-0.25, -0.2) is 9.97 Å². The predicted molar refractivity (Wildman–Crippen MR) is 75.0 cm³/mol. The van der Waals surface area contributed by atoms with E-state index >= 15 is 0 Å². The lowest BCUT2D eigenvalue weighted by Crippen LogP contribution is -2.30. The van der Waals surface area contributed by atoms with Gasteiger partial charge in [0.15, 0.2) is 0 Å². The van der Waals surface area contributed by atoms with Gasteiger partial charge in [-0.15, -0.1) is 0 Å². The summed E-state index contributed by atoms with van der Waals surface area (Å²) in [6, 6.07) is 7.53. The SMILES string of the molecule is NNC(Cc1ccc(Br)cc1Cl)c1ccncn1. The minimum atomic E-state index is -0.0910. The van der Waals surface area contributed by atoms with Crippen molar-refractivity contribution in [2.24, 2.45) is 5.84 Å². The topological polar surface area (TPSA) is 63.8 Å². The van der Waals surface area contributed by atoms with E-state index in [1.807, 2.05) is 24.3 Å². The molecular weight excluding hydrogens is 316 g/mol. The molecule has 1 atom stereocenters. The van der Waals surface area contributed by atoms with Gasteiger partial charge in [0.25, 0.3) is 0 Å². The maximum Gasteiger partial charge on any atom is 0.115 e. The molecule has 0 amide bonds. The van der Waals surface area contributed by atoms with Crippen LogP contribution in [-0.2, 0) is 6.42 Å². The first kappa shape index (κ1) is 13.4. The van der Waals surface area contributed by atoms with Gasteiger partial charge in [-0.3, -0.25) is 11.3 Å². The van der Waals surface area contributed by atoms with Crippen LogP contribution in [0.2, 0.25) is 5.02 Å². The number of hydrogen-bond acceptors (Lipinski definition) is 4. The molecule has 4 nitrogen and oxygen atoms in total. The number of halogens is 2. The Morgan fingerprint density at radius 2 is 2.22 bits per heavy atom. The molecular formula is C12H12BrClN4. The Balaban J connectivity index is 2.21. The monoisotopic (exact) mass is 326 g/mol. The van der Waals surface area contributed by atoms with Crippen LogP contribution in [0, 0.1) is 0 Å². The van der Waals surface area contributed by atoms with E-state index in [-0.39, 0.29) is 6.04 Å². The highest BCUT2D eigenvalue weighted by Crippen LogP contribution is 2.25. The highest BCUT2D eigenvalue weighted by Gasteiger charge is 2.13. The first-order valence-corrected chi connectivity index (χ1v) is 6.54. The molecule has 1 aromatic carbocycles. The Bertz CT molecular complexity index is 521. The second kappa shape index (κ2) is 6.24. The summed E-state index contributed by atoms with van der Waals surface area (Å²) < 4.78 is 0.954. The molecule has 6 heteroatoms. The summed E-state index contributed by atoms with van der Waals surface area (Å²) in [7, 11) is 0. The van der Waals surface area contributed by atoms with Crippen LogP contribution in [0.5, 0.6) is 0 Å². The van der Waals surface area contributed by atoms with Gasteiger partial charge in [-0.1, -0.05) is 33.6 Å². The zero-order chi connectivity index (χ0) is 13.0. The van der Waals surface area contributed by atoms with Gasteiger partial charge in [0.1, 0.15) is 6.33 Å². The fourth-order valence-corrected chi connectivity index (χ4v) is 2.41. The number of nitrogens with zero attached hydrogens (tertiary/aromatic N) is 2. The number of hydrazine groups is 1. The number of benzene rings is 1. The molecule has 2 aromatic rings. The Hall–Kier alpha value is -1.01. The van der Waals surface area contributed by atoms with Crippen molar-refractivity contribution in [3.8, 4) is 0 Å². The molecule has 0 aliphatic rings. The van der Waals surface area contributed by atoms with Gasteiger partial charge < -0.3 is 0 Å². The summed E-state index contributed by atoms with van der Waals surface area (Å²) in [4.78, 5) is 8.07. The van der Waals surface area contributed by atoms with Crippen molar-refractivity contribution in [1.29, 1.82) is 0 Å². The maximum absolute atomic E-state index is 6.19. The van der Waals surface area contributed by atoms with Crippen LogP contribution in [0.1, 0.15) is 17.3 Å². The molecule has 94 valence electrons. The number of nitrogens with one attached hydrogen (secondary N) is 1. The third-order valence-corrected chi connectivity index (χ3v) is 3.45. The van der Waals surface area contributed by atoms with Gasteiger partial charge in [0.05, 0.1) is 11.7 Å². The zero-order valence-corrected chi connectivity index (χ0v) is 11.8. The summed E-state index contributed by atoms with van der Waals surface area (Å²) in [6.07, 6.45) is 3.86. The number of nitrogens with two attached hydrogens (primary N) is 1. The van der Waals surface area contributed by atoms with E-state index in [1.165, 1.54) is 6.33 Å². The van der Waals surface area contributed by atoms with E-state index in [1.54, 1.807) is 6.20 Å². The normalized spacial score (nSPS) is 12.4. The molecule has 3 N–H and O–H groups in total. The molecule has 2 rings (SSSR count). The van der Waals surface area contributed by atoms with Crippen LogP contribution in [0.15, 0.2) is 41.3 Å². The largest absolute Gasteiger partial charge is 0.271 e. The summed E-state index contributed by atoms with van der Waals surface area (Å²) in [6.45, 7) is 0. The number of rotatable bonds is 4. The standard InChI is InChI=1S/C12H12BrClN4/c13-9-2-1-8(10(14)6-9)5-12(18-15)11-3-4-16-7-17-11/h1-4,6-7,12,18H,5,15H2. The lowest BCUT2D eigenvalue weighted by Gasteiger charge is -2.16. The molecule has 0 aliphatic heterocycles. The number of hydrogen-bond donors (Lipinski definition) is 2. The van der Waals surface area contributed by atoms with Crippen molar-refractivity contribution in [2.75, 3.05) is 0 Å². The Morgan fingerprint density at radius 1 is 1.39 bits per heavy atom. The van der Waals surface area contributed by atoms with E-state index in [0.717, 1.165) is 15.7 Å². The molecule has 18 heavy (non-hydrogen) atoms. The van der Waals surface area contributed by atoms with Gasteiger partial charge in [-0.05, 0) is 30.2 Å². The third-order valence-electron chi connectivity index (χ3n) is 2.60. The third kappa shape index (κ3) is 3.26. The van der Waals surface area contributed by atoms with Crippen LogP contribution in [-0.4, -0.2) is 9.97 Å². The molecule has 0 aliphatic carbocycles. The smallest absolute Gasteiger partial charge is 0.115 e. The molecule has 1 heterocycles. The molecule has 0 bridgehead atoms. The lowest BCUT2D eigenvalue weighted by molar-refractivity contribution is 0.537. The Labute approximate surface area is 119 Å². The van der Waals surface area contributed by atoms with E-state index in [2.05, 4.69) is 31.3 Å². The van der Waals surface area contributed by atoms with Crippen molar-refractivity contribution >= 4 is 27.5 Å². The quantitative estimate of drug-likeness (QED) is 0.669. The molecule has 1 aromatic heterocycles. The van der Waals surface area contributed by atoms with Crippen LogP contribution in [0.4, 0.5) is 0 Å². The maximum atomic E-state index is 6.19. The predicted octanol–water partition coefficient (Wildman–Crippen LogP) is 2.64. The average Bonchev–Trinajstić information content (AvgIpc) is 2.39. The molecule has 0 saturated heterocycles. The van der Waals surface area contributed by atoms with E-state index in [9.17, 15) is 0 Å². The first-order chi connectivity index (χ1) is 8.70. The second-order valence-electron chi connectivity index (χ2n) is 3.79. The van der Waals surface area contributed by atoms with Gasteiger partial charge in [0.2, 0.25) is 0 Å². The summed E-state index contributed by atoms with van der Waals surface area (Å²) in [5.74, 6) is 5.57. The Kier molecular flexibility index (Phi) is 4.66. The molecule has 0 radical (unpaired) electrons. The summed E-state index contributed by atoms with van der Waals surface area (Å²) >= 11 is 9.57. The highest BCUT2D eigenvalue weighted by atomic mass is 79.9. The lowest BCUT2D eigenvalue weighted by atomic mass is 10.0. The molecule has 0 saturated carbocycles. The zero-order valence-electron chi connectivity index (χ0n) is 9.48. The summed E-state index contributed by atoms with van der Waals surface area (Å²) in [5, 5.41) is 0.707. The molecule has 0 fully saturated rings. The molecule has 0 spiro atoms. The minimum absolute atomic E-state index is 0.0910. The highest BCUT2D eigenvalue weighted by molar-refractivity contribution is 9.10. The first-order valence-electron chi connectivity index (χ1n) is 5.36. The molecule has 1 unspecified atom stereocenters. The van der Waals surface area contributed by atoms with E-state index in [4.69, 9.17) is 17.4 Å². The van der Waals surface area contributed by atoms with Crippen molar-refractivity contribution in [3.63, 3.8) is 0 Å². The number of aromatic nitrogens is 2.